The van der Waals surface area contributed by atoms with Gasteiger partial charge in [0, 0.05) is 24.0 Å². The van der Waals surface area contributed by atoms with Crippen molar-refractivity contribution in [2.45, 2.75) is 0 Å². The van der Waals surface area contributed by atoms with Crippen LogP contribution in [0.5, 0.6) is 0 Å². The molecule has 0 unspecified atom stereocenters. The van der Waals surface area contributed by atoms with Gasteiger partial charge >= 0.3 is 0 Å². The fourth-order valence-corrected chi connectivity index (χ4v) is 1.81. The van der Waals surface area contributed by atoms with Gasteiger partial charge < -0.3 is 0 Å². The van der Waals surface area contributed by atoms with Crippen LogP contribution in [0.15, 0.2) is 36.7 Å². The van der Waals surface area contributed by atoms with Gasteiger partial charge in [0.15, 0.2) is 0 Å². The van der Waals surface area contributed by atoms with Gasteiger partial charge in [0.25, 0.3) is 5.69 Å². The molecule has 0 N–H and O–H groups in total. The van der Waals surface area contributed by atoms with E-state index in [-0.39, 0.29) is 16.3 Å². The third-order valence-corrected chi connectivity index (χ3v) is 2.80. The van der Waals surface area contributed by atoms with Crippen LogP contribution in [0.3, 0.4) is 0 Å². The van der Waals surface area contributed by atoms with Crippen LogP contribution in [0.2, 0.25) is 5.02 Å². The standard InChI is InChI=1S/C12H6ClN3O2/c13-12-8(5-14)6-15-7-10(12)9-3-1-2-4-11(9)16(17)18/h1-4,6-7H. The number of nitro benzene ring substituents is 1. The maximum absolute atomic E-state index is 10.9. The monoisotopic (exact) mass is 259 g/mol. The van der Waals surface area contributed by atoms with E-state index in [0.29, 0.717) is 11.1 Å². The Morgan fingerprint density at radius 3 is 2.67 bits per heavy atom. The molecule has 88 valence electrons. The van der Waals surface area contributed by atoms with Gasteiger partial charge in [0.05, 0.1) is 21.1 Å². The van der Waals surface area contributed by atoms with Gasteiger partial charge in [0.1, 0.15) is 6.07 Å². The Kier molecular flexibility index (Phi) is 3.22. The van der Waals surface area contributed by atoms with Crippen molar-refractivity contribution >= 4 is 17.3 Å². The quantitative estimate of drug-likeness (QED) is 0.613. The first-order chi connectivity index (χ1) is 8.65. The van der Waals surface area contributed by atoms with Gasteiger partial charge in [-0.15, -0.1) is 0 Å². The Bertz CT molecular complexity index is 665. The zero-order chi connectivity index (χ0) is 13.1. The molecular formula is C12H6ClN3O2. The fraction of sp³-hybridized carbons (Fsp3) is 0. The number of nitro groups is 1. The SMILES string of the molecule is N#Cc1cncc(-c2ccccc2[N+](=O)[O-])c1Cl. The van der Waals surface area contributed by atoms with E-state index in [1.807, 2.05) is 6.07 Å². The van der Waals surface area contributed by atoms with Crippen molar-refractivity contribution < 1.29 is 4.92 Å². The highest BCUT2D eigenvalue weighted by Gasteiger charge is 2.18. The number of rotatable bonds is 2. The minimum Gasteiger partial charge on any atom is -0.263 e. The third-order valence-electron chi connectivity index (χ3n) is 2.39. The molecular weight excluding hydrogens is 254 g/mol. The maximum atomic E-state index is 10.9. The summed E-state index contributed by atoms with van der Waals surface area (Å²) in [5.74, 6) is 0. The number of nitrogens with zero attached hydrogens (tertiary/aromatic N) is 3. The molecule has 1 heterocycles. The number of hydrogen-bond acceptors (Lipinski definition) is 4. The molecule has 1 aromatic carbocycles. The van der Waals surface area contributed by atoms with E-state index < -0.39 is 4.92 Å². The van der Waals surface area contributed by atoms with E-state index in [9.17, 15) is 10.1 Å². The minimum atomic E-state index is -0.495. The van der Waals surface area contributed by atoms with Crippen molar-refractivity contribution in [2.75, 3.05) is 0 Å². The van der Waals surface area contributed by atoms with Gasteiger partial charge in [0.2, 0.25) is 0 Å². The lowest BCUT2D eigenvalue weighted by atomic mass is 10.0. The maximum Gasteiger partial charge on any atom is 0.277 e. The summed E-state index contributed by atoms with van der Waals surface area (Å²) in [6.45, 7) is 0. The number of nitriles is 1. The average Bonchev–Trinajstić information content (AvgIpc) is 2.39. The summed E-state index contributed by atoms with van der Waals surface area (Å²) in [5, 5.41) is 20.0. The molecule has 18 heavy (non-hydrogen) atoms. The largest absolute Gasteiger partial charge is 0.277 e. The van der Waals surface area contributed by atoms with Gasteiger partial charge in [-0.2, -0.15) is 5.26 Å². The van der Waals surface area contributed by atoms with Crippen LogP contribution in [-0.4, -0.2) is 9.91 Å². The first-order valence-corrected chi connectivity index (χ1v) is 5.30. The highest BCUT2D eigenvalue weighted by Crippen LogP contribution is 2.35. The molecule has 0 radical (unpaired) electrons. The number of pyridine rings is 1. The highest BCUT2D eigenvalue weighted by atomic mass is 35.5. The molecule has 0 bridgehead atoms. The number of hydrogen-bond donors (Lipinski definition) is 0. The number of aromatic nitrogens is 1. The molecule has 5 nitrogen and oxygen atoms in total. The van der Waals surface area contributed by atoms with Crippen LogP contribution in [0, 0.1) is 21.4 Å². The van der Waals surface area contributed by atoms with Crippen molar-refractivity contribution in [2.24, 2.45) is 0 Å². The normalized spacial score (nSPS) is 9.78. The summed E-state index contributed by atoms with van der Waals surface area (Å²) < 4.78 is 0. The minimum absolute atomic E-state index is 0.0729. The van der Waals surface area contributed by atoms with E-state index in [2.05, 4.69) is 4.98 Å². The van der Waals surface area contributed by atoms with Crippen molar-refractivity contribution in [3.63, 3.8) is 0 Å². The molecule has 0 aliphatic carbocycles. The Balaban J connectivity index is 2.71. The van der Waals surface area contributed by atoms with E-state index in [4.69, 9.17) is 16.9 Å². The smallest absolute Gasteiger partial charge is 0.263 e. The number of benzene rings is 1. The lowest BCUT2D eigenvalue weighted by Crippen LogP contribution is -1.93. The molecule has 0 amide bonds. The summed E-state index contributed by atoms with van der Waals surface area (Å²) in [6.07, 6.45) is 2.73. The fourth-order valence-electron chi connectivity index (χ4n) is 1.57. The second-order valence-corrected chi connectivity index (χ2v) is 3.81. The number of halogens is 1. The van der Waals surface area contributed by atoms with E-state index in [0.717, 1.165) is 0 Å². The van der Waals surface area contributed by atoms with Gasteiger partial charge in [-0.25, -0.2) is 0 Å². The molecule has 2 aromatic rings. The molecule has 0 aliphatic heterocycles. The zero-order valence-electron chi connectivity index (χ0n) is 9.00. The Morgan fingerprint density at radius 2 is 2.00 bits per heavy atom. The molecule has 2 rings (SSSR count). The molecule has 0 fully saturated rings. The van der Waals surface area contributed by atoms with Crippen LogP contribution >= 0.6 is 11.6 Å². The second-order valence-electron chi connectivity index (χ2n) is 3.43. The second kappa shape index (κ2) is 4.82. The van der Waals surface area contributed by atoms with Crippen LogP contribution < -0.4 is 0 Å². The van der Waals surface area contributed by atoms with Gasteiger partial charge in [-0.3, -0.25) is 15.1 Å². The van der Waals surface area contributed by atoms with E-state index >= 15 is 0 Å². The predicted molar refractivity (Wildman–Crippen MR) is 66.1 cm³/mol. The molecule has 6 heteroatoms. The Labute approximate surface area is 107 Å². The Hall–Kier alpha value is -2.45. The van der Waals surface area contributed by atoms with Crippen molar-refractivity contribution in [3.05, 3.63) is 57.4 Å². The lowest BCUT2D eigenvalue weighted by molar-refractivity contribution is -0.384. The van der Waals surface area contributed by atoms with Crippen LogP contribution in [0.25, 0.3) is 11.1 Å². The molecule has 0 saturated carbocycles. The highest BCUT2D eigenvalue weighted by molar-refractivity contribution is 6.34. The summed E-state index contributed by atoms with van der Waals surface area (Å²) >= 11 is 6.04. The van der Waals surface area contributed by atoms with Crippen molar-refractivity contribution in [1.82, 2.24) is 4.98 Å². The van der Waals surface area contributed by atoms with E-state index in [1.54, 1.807) is 18.2 Å². The summed E-state index contributed by atoms with van der Waals surface area (Å²) in [5.41, 5.74) is 0.837. The zero-order valence-corrected chi connectivity index (χ0v) is 9.76. The molecule has 0 spiro atoms. The molecule has 0 aliphatic rings. The number of para-hydroxylation sites is 1. The van der Waals surface area contributed by atoms with E-state index in [1.165, 1.54) is 18.5 Å². The lowest BCUT2D eigenvalue weighted by Gasteiger charge is -2.05. The summed E-state index contributed by atoms with van der Waals surface area (Å²) in [7, 11) is 0. The topological polar surface area (TPSA) is 79.8 Å². The predicted octanol–water partition coefficient (Wildman–Crippen LogP) is 3.18. The van der Waals surface area contributed by atoms with Gasteiger partial charge in [-0.05, 0) is 6.07 Å². The van der Waals surface area contributed by atoms with Crippen molar-refractivity contribution in [3.8, 4) is 17.2 Å². The molecule has 1 aromatic heterocycles. The molecule has 0 atom stereocenters. The van der Waals surface area contributed by atoms with Crippen molar-refractivity contribution in [1.29, 1.82) is 5.26 Å². The van der Waals surface area contributed by atoms with Gasteiger partial charge in [-0.1, -0.05) is 23.7 Å². The first kappa shape index (κ1) is 12.0. The van der Waals surface area contributed by atoms with Crippen LogP contribution in [0.1, 0.15) is 5.56 Å². The van der Waals surface area contributed by atoms with Crippen LogP contribution in [0.4, 0.5) is 5.69 Å². The Morgan fingerprint density at radius 1 is 1.28 bits per heavy atom. The first-order valence-electron chi connectivity index (χ1n) is 4.92. The molecule has 0 saturated heterocycles. The van der Waals surface area contributed by atoms with Crippen LogP contribution in [-0.2, 0) is 0 Å². The summed E-state index contributed by atoms with van der Waals surface area (Å²) in [4.78, 5) is 14.3. The third kappa shape index (κ3) is 2.01. The average molecular weight is 260 g/mol. The summed E-state index contributed by atoms with van der Waals surface area (Å²) in [6, 6.07) is 8.07.